The second-order valence-electron chi connectivity index (χ2n) is 4.09. The SMILES string of the molecule is Brc1ccc(-c2ccc[nH]2)cc1.C1CNCCN1. The molecule has 1 fully saturated rings. The Kier molecular flexibility index (Phi) is 5.45. The molecule has 3 rings (SSSR count). The van der Waals surface area contributed by atoms with E-state index >= 15 is 0 Å². The lowest BCUT2D eigenvalue weighted by atomic mass is 10.2. The molecule has 3 N–H and O–H groups in total. The Morgan fingerprint density at radius 2 is 1.44 bits per heavy atom. The van der Waals surface area contributed by atoms with Gasteiger partial charge >= 0.3 is 0 Å². The minimum Gasteiger partial charge on any atom is -0.361 e. The Labute approximate surface area is 116 Å². The smallest absolute Gasteiger partial charge is 0.0453 e. The molecular formula is C14H18BrN3. The third-order valence-corrected chi connectivity index (χ3v) is 3.24. The van der Waals surface area contributed by atoms with Gasteiger partial charge in [-0.15, -0.1) is 0 Å². The zero-order valence-electron chi connectivity index (χ0n) is 10.2. The summed E-state index contributed by atoms with van der Waals surface area (Å²) in [5, 5.41) is 6.44. The fourth-order valence-electron chi connectivity index (χ4n) is 1.74. The lowest BCUT2D eigenvalue weighted by Crippen LogP contribution is -2.39. The molecule has 4 heteroatoms. The summed E-state index contributed by atoms with van der Waals surface area (Å²) in [6.07, 6.45) is 1.93. The van der Waals surface area contributed by atoms with Gasteiger partial charge in [-0.25, -0.2) is 0 Å². The van der Waals surface area contributed by atoms with Crippen LogP contribution in [0.25, 0.3) is 11.3 Å². The molecular weight excluding hydrogens is 290 g/mol. The van der Waals surface area contributed by atoms with E-state index in [4.69, 9.17) is 0 Å². The molecule has 0 aliphatic carbocycles. The Morgan fingerprint density at radius 3 is 1.89 bits per heavy atom. The van der Waals surface area contributed by atoms with Gasteiger partial charge in [0.15, 0.2) is 0 Å². The van der Waals surface area contributed by atoms with Crippen LogP contribution in [0.4, 0.5) is 0 Å². The van der Waals surface area contributed by atoms with E-state index in [2.05, 4.69) is 49.7 Å². The maximum atomic E-state index is 3.40. The van der Waals surface area contributed by atoms with Crippen molar-refractivity contribution in [3.05, 3.63) is 47.1 Å². The van der Waals surface area contributed by atoms with Gasteiger partial charge in [0.25, 0.3) is 0 Å². The molecule has 18 heavy (non-hydrogen) atoms. The molecule has 0 saturated carbocycles. The van der Waals surface area contributed by atoms with Gasteiger partial charge in [0.1, 0.15) is 0 Å². The highest BCUT2D eigenvalue weighted by atomic mass is 79.9. The Bertz CT molecular complexity index is 421. The summed E-state index contributed by atoms with van der Waals surface area (Å²) in [5.41, 5.74) is 2.37. The summed E-state index contributed by atoms with van der Waals surface area (Å²) in [6, 6.07) is 12.3. The number of benzene rings is 1. The lowest BCUT2D eigenvalue weighted by Gasteiger charge is -2.11. The van der Waals surface area contributed by atoms with Gasteiger partial charge < -0.3 is 15.6 Å². The highest BCUT2D eigenvalue weighted by Crippen LogP contribution is 2.19. The monoisotopic (exact) mass is 307 g/mol. The topological polar surface area (TPSA) is 39.9 Å². The van der Waals surface area contributed by atoms with Crippen LogP contribution >= 0.6 is 15.9 Å². The van der Waals surface area contributed by atoms with Crippen LogP contribution in [0.3, 0.4) is 0 Å². The standard InChI is InChI=1S/C10H8BrN.C4H10N2/c11-9-5-3-8(4-6-9)10-2-1-7-12-10;1-2-6-4-3-5-1/h1-7,12H;5-6H,1-4H2. The van der Waals surface area contributed by atoms with Crippen LogP contribution in [0.2, 0.25) is 0 Å². The van der Waals surface area contributed by atoms with Crippen molar-refractivity contribution in [1.29, 1.82) is 0 Å². The van der Waals surface area contributed by atoms with Gasteiger partial charge in [0.2, 0.25) is 0 Å². The fourth-order valence-corrected chi connectivity index (χ4v) is 2.01. The molecule has 0 bridgehead atoms. The number of hydrogen-bond acceptors (Lipinski definition) is 2. The first-order valence-corrected chi connectivity index (χ1v) is 6.96. The first kappa shape index (κ1) is 13.3. The highest BCUT2D eigenvalue weighted by Gasteiger charge is 1.95. The molecule has 1 aromatic carbocycles. The largest absolute Gasteiger partial charge is 0.361 e. The number of hydrogen-bond donors (Lipinski definition) is 3. The lowest BCUT2D eigenvalue weighted by molar-refractivity contribution is 0.534. The van der Waals surface area contributed by atoms with Crippen molar-refractivity contribution in [1.82, 2.24) is 15.6 Å². The number of aromatic nitrogens is 1. The van der Waals surface area contributed by atoms with Crippen LogP contribution in [-0.4, -0.2) is 31.2 Å². The molecule has 2 aromatic rings. The summed E-state index contributed by atoms with van der Waals surface area (Å²) in [5.74, 6) is 0. The Hall–Kier alpha value is -1.10. The van der Waals surface area contributed by atoms with Gasteiger partial charge in [-0.05, 0) is 29.8 Å². The van der Waals surface area contributed by atoms with Crippen LogP contribution < -0.4 is 10.6 Å². The Morgan fingerprint density at radius 1 is 0.833 bits per heavy atom. The van der Waals surface area contributed by atoms with Crippen LogP contribution in [0.5, 0.6) is 0 Å². The summed E-state index contributed by atoms with van der Waals surface area (Å²) >= 11 is 3.40. The third-order valence-electron chi connectivity index (χ3n) is 2.71. The van der Waals surface area contributed by atoms with E-state index in [1.807, 2.05) is 24.4 Å². The summed E-state index contributed by atoms with van der Waals surface area (Å²) < 4.78 is 1.11. The first-order chi connectivity index (χ1) is 8.86. The van der Waals surface area contributed by atoms with Crippen molar-refractivity contribution >= 4 is 15.9 Å². The first-order valence-electron chi connectivity index (χ1n) is 6.17. The minimum absolute atomic E-state index is 1.11. The van der Waals surface area contributed by atoms with Crippen molar-refractivity contribution in [2.24, 2.45) is 0 Å². The van der Waals surface area contributed by atoms with E-state index in [0.29, 0.717) is 0 Å². The number of rotatable bonds is 1. The molecule has 0 amide bonds. The molecule has 0 spiro atoms. The van der Waals surface area contributed by atoms with Crippen molar-refractivity contribution < 1.29 is 0 Å². The number of aromatic amines is 1. The summed E-state index contributed by atoms with van der Waals surface area (Å²) in [7, 11) is 0. The van der Waals surface area contributed by atoms with E-state index in [-0.39, 0.29) is 0 Å². The molecule has 0 radical (unpaired) electrons. The van der Waals surface area contributed by atoms with Gasteiger partial charge in [0.05, 0.1) is 0 Å². The molecule has 1 aliphatic rings. The zero-order chi connectivity index (χ0) is 12.6. The highest BCUT2D eigenvalue weighted by molar-refractivity contribution is 9.10. The molecule has 3 nitrogen and oxygen atoms in total. The van der Waals surface area contributed by atoms with Gasteiger partial charge in [-0.3, -0.25) is 0 Å². The molecule has 1 aliphatic heterocycles. The fraction of sp³-hybridized carbons (Fsp3) is 0.286. The number of piperazine rings is 1. The van der Waals surface area contributed by atoms with Gasteiger partial charge in [-0.2, -0.15) is 0 Å². The maximum absolute atomic E-state index is 3.40. The van der Waals surface area contributed by atoms with Crippen molar-refractivity contribution in [2.75, 3.05) is 26.2 Å². The van der Waals surface area contributed by atoms with E-state index in [1.165, 1.54) is 5.56 Å². The van der Waals surface area contributed by atoms with Crippen molar-refractivity contribution in [3.63, 3.8) is 0 Å². The second-order valence-corrected chi connectivity index (χ2v) is 5.01. The average molecular weight is 308 g/mol. The van der Waals surface area contributed by atoms with E-state index in [9.17, 15) is 0 Å². The second kappa shape index (κ2) is 7.36. The average Bonchev–Trinajstić information content (AvgIpc) is 2.96. The maximum Gasteiger partial charge on any atom is 0.0453 e. The van der Waals surface area contributed by atoms with Crippen molar-refractivity contribution in [2.45, 2.75) is 0 Å². The third kappa shape index (κ3) is 4.29. The molecule has 1 saturated heterocycles. The van der Waals surface area contributed by atoms with Gasteiger partial charge in [-0.1, -0.05) is 28.1 Å². The quantitative estimate of drug-likeness (QED) is 0.758. The summed E-state index contributed by atoms with van der Waals surface area (Å²) in [4.78, 5) is 3.16. The number of halogens is 1. The van der Waals surface area contributed by atoms with Crippen LogP contribution in [-0.2, 0) is 0 Å². The van der Waals surface area contributed by atoms with Crippen LogP contribution in [0, 0.1) is 0 Å². The van der Waals surface area contributed by atoms with Crippen LogP contribution in [0.1, 0.15) is 0 Å². The number of nitrogens with one attached hydrogen (secondary N) is 3. The van der Waals surface area contributed by atoms with Crippen LogP contribution in [0.15, 0.2) is 47.1 Å². The molecule has 96 valence electrons. The summed E-state index contributed by atoms with van der Waals surface area (Å²) in [6.45, 7) is 4.56. The van der Waals surface area contributed by atoms with Crippen molar-refractivity contribution in [3.8, 4) is 11.3 Å². The molecule has 1 aromatic heterocycles. The van der Waals surface area contributed by atoms with E-state index in [0.717, 1.165) is 36.3 Å². The normalized spacial score (nSPS) is 14.7. The van der Waals surface area contributed by atoms with E-state index in [1.54, 1.807) is 0 Å². The number of H-pyrrole nitrogens is 1. The Balaban J connectivity index is 0.000000169. The van der Waals surface area contributed by atoms with E-state index < -0.39 is 0 Å². The van der Waals surface area contributed by atoms with Gasteiger partial charge in [0, 0.05) is 42.5 Å². The predicted octanol–water partition coefficient (Wildman–Crippen LogP) is 2.62. The predicted molar refractivity (Wildman–Crippen MR) is 79.7 cm³/mol. The zero-order valence-corrected chi connectivity index (χ0v) is 11.8. The minimum atomic E-state index is 1.11. The molecule has 2 heterocycles. The molecule has 0 atom stereocenters. The molecule has 0 unspecified atom stereocenters.